The van der Waals surface area contributed by atoms with Crippen LogP contribution in [0.4, 0.5) is 21.6 Å². The molecule has 0 spiro atoms. The Bertz CT molecular complexity index is 1260. The van der Waals surface area contributed by atoms with E-state index in [1.54, 1.807) is 6.20 Å². The highest BCUT2D eigenvalue weighted by atomic mass is 32.1. The molecule has 1 aliphatic heterocycles. The second kappa shape index (κ2) is 10.4. The first-order chi connectivity index (χ1) is 17.5. The van der Waals surface area contributed by atoms with Crippen molar-refractivity contribution in [3.8, 4) is 0 Å². The van der Waals surface area contributed by atoms with Crippen LogP contribution >= 0.6 is 11.5 Å². The zero-order valence-electron chi connectivity index (χ0n) is 20.2. The summed E-state index contributed by atoms with van der Waals surface area (Å²) >= 11 is 1.34. The van der Waals surface area contributed by atoms with Crippen molar-refractivity contribution in [1.82, 2.24) is 24.6 Å². The number of fused-ring (bicyclic) bond motifs is 1. The first-order valence-corrected chi connectivity index (χ1v) is 12.9. The lowest BCUT2D eigenvalue weighted by molar-refractivity contribution is -0.117. The monoisotopic (exact) mass is 503 g/mol. The molecule has 1 saturated carbocycles. The topological polar surface area (TPSA) is 103 Å². The maximum atomic E-state index is 13.9. The molecule has 2 unspecified atom stereocenters. The Labute approximate surface area is 214 Å². The molecule has 2 aromatic heterocycles. The number of amides is 3. The van der Waals surface area contributed by atoms with Crippen molar-refractivity contribution in [2.75, 3.05) is 10.2 Å². The number of nitrogens with one attached hydrogen (secondary N) is 2. The predicted octanol–water partition coefficient (Wildman–Crippen LogP) is 4.54. The van der Waals surface area contributed by atoms with Crippen molar-refractivity contribution < 1.29 is 9.59 Å². The summed E-state index contributed by atoms with van der Waals surface area (Å²) in [5.41, 5.74) is 2.88. The van der Waals surface area contributed by atoms with Gasteiger partial charge < -0.3 is 15.5 Å². The molecule has 10 heteroatoms. The summed E-state index contributed by atoms with van der Waals surface area (Å²) in [4.78, 5) is 38.8. The van der Waals surface area contributed by atoms with Crippen LogP contribution in [0.3, 0.4) is 0 Å². The molecule has 0 saturated heterocycles. The number of hydrogen-bond donors (Lipinski definition) is 2. The molecule has 9 nitrogen and oxygen atoms in total. The average Bonchev–Trinajstić information content (AvgIpc) is 3.29. The van der Waals surface area contributed by atoms with E-state index in [9.17, 15) is 9.59 Å². The molecule has 5 rings (SSSR count). The Kier molecular flexibility index (Phi) is 6.95. The van der Waals surface area contributed by atoms with Gasteiger partial charge in [-0.2, -0.15) is 9.36 Å². The molecular formula is C26H29N7O2S. The number of rotatable bonds is 7. The van der Waals surface area contributed by atoms with E-state index in [-0.39, 0.29) is 24.0 Å². The summed E-state index contributed by atoms with van der Waals surface area (Å²) in [7, 11) is 0. The highest BCUT2D eigenvalue weighted by Gasteiger charge is 2.39. The molecule has 1 fully saturated rings. The number of carbonyl (C=O) groups excluding carboxylic acids is 2. The van der Waals surface area contributed by atoms with E-state index >= 15 is 0 Å². The zero-order chi connectivity index (χ0) is 25.1. The first-order valence-electron chi connectivity index (χ1n) is 12.1. The van der Waals surface area contributed by atoms with Crippen molar-refractivity contribution >= 4 is 40.2 Å². The molecule has 3 amide bonds. The minimum atomic E-state index is -0.189. The molecular weight excluding hydrogens is 474 g/mol. The molecule has 1 aliphatic carbocycles. The minimum absolute atomic E-state index is 0.0189. The number of nitrogens with zero attached hydrogens (tertiary/aromatic N) is 5. The van der Waals surface area contributed by atoms with Crippen LogP contribution in [0.15, 0.2) is 55.3 Å². The number of aromatic nitrogens is 3. The van der Waals surface area contributed by atoms with Gasteiger partial charge in [0.1, 0.15) is 10.8 Å². The maximum Gasteiger partial charge on any atom is 0.326 e. The second-order valence-corrected chi connectivity index (χ2v) is 10.0. The van der Waals surface area contributed by atoms with Crippen molar-refractivity contribution in [3.63, 3.8) is 0 Å². The van der Waals surface area contributed by atoms with E-state index in [0.29, 0.717) is 31.3 Å². The summed E-state index contributed by atoms with van der Waals surface area (Å²) in [5, 5.41) is 7.08. The van der Waals surface area contributed by atoms with Crippen LogP contribution in [-0.4, -0.2) is 43.3 Å². The Morgan fingerprint density at radius 3 is 2.86 bits per heavy atom. The quantitative estimate of drug-likeness (QED) is 0.459. The first kappa shape index (κ1) is 23.9. The van der Waals surface area contributed by atoms with Gasteiger partial charge in [-0.3, -0.25) is 9.69 Å². The average molecular weight is 504 g/mol. The Morgan fingerprint density at radius 1 is 1.28 bits per heavy atom. The van der Waals surface area contributed by atoms with Crippen molar-refractivity contribution in [1.29, 1.82) is 0 Å². The normalized spacial score (nSPS) is 19.5. The molecule has 0 radical (unpaired) electrons. The van der Waals surface area contributed by atoms with E-state index in [0.717, 1.165) is 41.1 Å². The number of urea groups is 1. The van der Waals surface area contributed by atoms with Gasteiger partial charge >= 0.3 is 6.03 Å². The van der Waals surface area contributed by atoms with Gasteiger partial charge in [0.15, 0.2) is 0 Å². The third-order valence-corrected chi connectivity index (χ3v) is 7.33. The number of anilines is 3. The molecule has 0 bridgehead atoms. The molecule has 36 heavy (non-hydrogen) atoms. The molecule has 3 heterocycles. The Hall–Kier alpha value is -3.79. The van der Waals surface area contributed by atoms with Crippen LogP contribution in [0, 0.1) is 6.92 Å². The number of benzene rings is 1. The van der Waals surface area contributed by atoms with Crippen LogP contribution in [0.2, 0.25) is 0 Å². The standard InChI is InChI=1S/C26H29N7O2S/c1-3-22(34)28-20-10-7-11-21(13-20)33-24-19(14-27-25(30-24)29-23-12-17(2)31-36-23)16-32(26(33)35)15-18-8-5-4-6-9-18/h3-6,8-9,12,14,20-21H,1,7,10-11,13,15-16H2,2H3,(H,28,34)(H,27,29,30). The highest BCUT2D eigenvalue weighted by molar-refractivity contribution is 7.10. The largest absolute Gasteiger partial charge is 0.350 e. The van der Waals surface area contributed by atoms with E-state index in [1.807, 2.05) is 53.1 Å². The van der Waals surface area contributed by atoms with Gasteiger partial charge in [-0.15, -0.1) is 0 Å². The van der Waals surface area contributed by atoms with E-state index in [1.165, 1.54) is 17.6 Å². The summed E-state index contributed by atoms with van der Waals surface area (Å²) in [6, 6.07) is 11.7. The molecule has 2 N–H and O–H groups in total. The van der Waals surface area contributed by atoms with Crippen LogP contribution in [0.25, 0.3) is 0 Å². The molecule has 3 aromatic rings. The van der Waals surface area contributed by atoms with E-state index in [4.69, 9.17) is 4.98 Å². The van der Waals surface area contributed by atoms with Crippen molar-refractivity contribution in [2.45, 2.75) is 57.8 Å². The Balaban J connectivity index is 1.46. The van der Waals surface area contributed by atoms with Crippen LogP contribution in [0.1, 0.15) is 42.5 Å². The third kappa shape index (κ3) is 5.23. The predicted molar refractivity (Wildman–Crippen MR) is 140 cm³/mol. The number of hydrogen-bond acceptors (Lipinski definition) is 7. The van der Waals surface area contributed by atoms with Gasteiger partial charge in [-0.25, -0.2) is 9.78 Å². The van der Waals surface area contributed by atoms with Gasteiger partial charge in [0, 0.05) is 30.4 Å². The van der Waals surface area contributed by atoms with Gasteiger partial charge in [-0.05, 0) is 61.8 Å². The van der Waals surface area contributed by atoms with Crippen LogP contribution in [0.5, 0.6) is 0 Å². The molecule has 2 atom stereocenters. The Morgan fingerprint density at radius 2 is 2.11 bits per heavy atom. The van der Waals surface area contributed by atoms with Crippen LogP contribution in [-0.2, 0) is 17.9 Å². The molecule has 186 valence electrons. The van der Waals surface area contributed by atoms with Gasteiger partial charge in [-0.1, -0.05) is 36.9 Å². The summed E-state index contributed by atoms with van der Waals surface area (Å²) < 4.78 is 4.30. The fourth-order valence-corrected chi connectivity index (χ4v) is 5.53. The summed E-state index contributed by atoms with van der Waals surface area (Å²) in [6.45, 7) is 6.43. The van der Waals surface area contributed by atoms with Crippen molar-refractivity contribution in [2.24, 2.45) is 0 Å². The summed E-state index contributed by atoms with van der Waals surface area (Å²) in [5.74, 6) is 0.869. The molecule has 1 aromatic carbocycles. The lowest BCUT2D eigenvalue weighted by atomic mass is 9.89. The molecule has 2 aliphatic rings. The van der Waals surface area contributed by atoms with E-state index < -0.39 is 0 Å². The van der Waals surface area contributed by atoms with Crippen molar-refractivity contribution in [3.05, 3.63) is 72.1 Å². The zero-order valence-corrected chi connectivity index (χ0v) is 21.0. The lowest BCUT2D eigenvalue weighted by Gasteiger charge is -2.43. The van der Waals surface area contributed by atoms with Crippen LogP contribution < -0.4 is 15.5 Å². The summed E-state index contributed by atoms with van der Waals surface area (Å²) in [6.07, 6.45) is 6.37. The minimum Gasteiger partial charge on any atom is -0.350 e. The SMILES string of the molecule is C=CC(=O)NC1CCCC(N2C(=O)N(Cc3ccccc3)Cc3cnc(Nc4cc(C)ns4)nc32)C1. The highest BCUT2D eigenvalue weighted by Crippen LogP contribution is 2.35. The fourth-order valence-electron chi connectivity index (χ4n) is 4.87. The lowest BCUT2D eigenvalue weighted by Crippen LogP contribution is -2.54. The van der Waals surface area contributed by atoms with E-state index in [2.05, 4.69) is 26.6 Å². The van der Waals surface area contributed by atoms with Gasteiger partial charge in [0.2, 0.25) is 11.9 Å². The maximum absolute atomic E-state index is 13.9. The smallest absolute Gasteiger partial charge is 0.326 e. The number of aryl methyl sites for hydroxylation is 1. The second-order valence-electron chi connectivity index (χ2n) is 9.22. The van der Waals surface area contributed by atoms with Gasteiger partial charge in [0.25, 0.3) is 0 Å². The third-order valence-electron chi connectivity index (χ3n) is 6.53. The number of carbonyl (C=O) groups is 2. The fraction of sp³-hybridized carbons (Fsp3) is 0.346. The van der Waals surface area contributed by atoms with Gasteiger partial charge in [0.05, 0.1) is 12.2 Å².